The molecule has 0 unspecified atom stereocenters. The van der Waals surface area contributed by atoms with Gasteiger partial charge in [-0.1, -0.05) is 58.9 Å². The Morgan fingerprint density at radius 2 is 1.47 bits per heavy atom. The molecule has 0 atom stereocenters. The van der Waals surface area contributed by atoms with Crippen LogP contribution >= 0.6 is 0 Å². The van der Waals surface area contributed by atoms with E-state index in [0.717, 1.165) is 11.4 Å². The van der Waals surface area contributed by atoms with Gasteiger partial charge in [0.15, 0.2) is 0 Å². The van der Waals surface area contributed by atoms with Crippen LogP contribution < -0.4 is 10.1 Å². The highest BCUT2D eigenvalue weighted by Crippen LogP contribution is 2.33. The SMILES string of the molecule is CC(C)COc1ccc(C2=C(Nc3ccc(C(C)(C)C)cc3)C(=O)N(C(C)C)C2=O)cc1. The summed E-state index contributed by atoms with van der Waals surface area (Å²) < 4.78 is 5.76. The number of nitrogens with zero attached hydrogens (tertiary/aromatic N) is 1. The molecule has 0 saturated carbocycles. The van der Waals surface area contributed by atoms with Gasteiger partial charge in [0.1, 0.15) is 11.4 Å². The maximum Gasteiger partial charge on any atom is 0.278 e. The first-order chi connectivity index (χ1) is 15.0. The number of hydrogen-bond acceptors (Lipinski definition) is 4. The smallest absolute Gasteiger partial charge is 0.278 e. The van der Waals surface area contributed by atoms with Crippen LogP contribution in [-0.2, 0) is 15.0 Å². The molecule has 2 amide bonds. The van der Waals surface area contributed by atoms with Crippen LogP contribution in [0, 0.1) is 5.92 Å². The summed E-state index contributed by atoms with van der Waals surface area (Å²) in [7, 11) is 0. The molecule has 0 saturated heterocycles. The fourth-order valence-electron chi connectivity index (χ4n) is 3.58. The minimum Gasteiger partial charge on any atom is -0.493 e. The van der Waals surface area contributed by atoms with Crippen molar-refractivity contribution in [1.82, 2.24) is 4.90 Å². The quantitative estimate of drug-likeness (QED) is 0.575. The van der Waals surface area contributed by atoms with Crippen LogP contribution in [0.2, 0.25) is 0 Å². The van der Waals surface area contributed by atoms with E-state index in [1.165, 1.54) is 10.5 Å². The summed E-state index contributed by atoms with van der Waals surface area (Å²) in [6.07, 6.45) is 0. The van der Waals surface area contributed by atoms with E-state index >= 15 is 0 Å². The molecule has 1 heterocycles. The minimum absolute atomic E-state index is 0.0376. The Labute approximate surface area is 191 Å². The maximum atomic E-state index is 13.2. The molecule has 0 fully saturated rings. The second kappa shape index (κ2) is 9.19. The molecule has 3 rings (SSSR count). The van der Waals surface area contributed by atoms with Crippen molar-refractivity contribution in [2.45, 2.75) is 59.9 Å². The number of carbonyl (C=O) groups is 2. The van der Waals surface area contributed by atoms with Gasteiger partial charge in [-0.2, -0.15) is 0 Å². The lowest BCUT2D eigenvalue weighted by Gasteiger charge is -2.20. The second-order valence-electron chi connectivity index (χ2n) is 10.0. The fourth-order valence-corrected chi connectivity index (χ4v) is 3.58. The third-order valence-corrected chi connectivity index (χ3v) is 5.38. The van der Waals surface area contributed by atoms with E-state index in [1.807, 2.05) is 62.4 Å². The molecule has 2 aromatic carbocycles. The third-order valence-electron chi connectivity index (χ3n) is 5.38. The van der Waals surface area contributed by atoms with Gasteiger partial charge in [-0.3, -0.25) is 14.5 Å². The lowest BCUT2D eigenvalue weighted by atomic mass is 9.87. The number of ether oxygens (including phenoxy) is 1. The lowest BCUT2D eigenvalue weighted by Crippen LogP contribution is -2.38. The van der Waals surface area contributed by atoms with Crippen LogP contribution in [0.4, 0.5) is 5.69 Å². The highest BCUT2D eigenvalue weighted by molar-refractivity contribution is 6.36. The summed E-state index contributed by atoms with van der Waals surface area (Å²) >= 11 is 0. The molecule has 5 heteroatoms. The molecule has 1 aliphatic rings. The topological polar surface area (TPSA) is 58.6 Å². The van der Waals surface area contributed by atoms with Crippen LogP contribution in [0.1, 0.15) is 59.6 Å². The van der Waals surface area contributed by atoms with Crippen molar-refractivity contribution in [3.05, 3.63) is 65.4 Å². The van der Waals surface area contributed by atoms with Gasteiger partial charge in [0.2, 0.25) is 0 Å². The van der Waals surface area contributed by atoms with Crippen LogP contribution in [0.15, 0.2) is 54.2 Å². The zero-order valence-electron chi connectivity index (χ0n) is 20.2. The molecule has 0 aliphatic carbocycles. The van der Waals surface area contributed by atoms with Crippen molar-refractivity contribution >= 4 is 23.1 Å². The Balaban J connectivity index is 1.96. The summed E-state index contributed by atoms with van der Waals surface area (Å²) in [6, 6.07) is 15.1. The Kier molecular flexibility index (Phi) is 6.77. The van der Waals surface area contributed by atoms with E-state index in [0.29, 0.717) is 29.4 Å². The largest absolute Gasteiger partial charge is 0.493 e. The number of anilines is 1. The normalized spacial score (nSPS) is 14.7. The van der Waals surface area contributed by atoms with Crippen molar-refractivity contribution in [3.8, 4) is 5.75 Å². The van der Waals surface area contributed by atoms with E-state index < -0.39 is 0 Å². The van der Waals surface area contributed by atoms with E-state index in [2.05, 4.69) is 39.9 Å². The number of rotatable bonds is 7. The molecule has 1 aliphatic heterocycles. The van der Waals surface area contributed by atoms with E-state index in [4.69, 9.17) is 4.74 Å². The van der Waals surface area contributed by atoms with Crippen molar-refractivity contribution in [3.63, 3.8) is 0 Å². The van der Waals surface area contributed by atoms with E-state index in [1.54, 1.807) is 0 Å². The molecule has 32 heavy (non-hydrogen) atoms. The molecule has 1 N–H and O–H groups in total. The predicted octanol–water partition coefficient (Wildman–Crippen LogP) is 5.62. The van der Waals surface area contributed by atoms with Gasteiger partial charge < -0.3 is 10.1 Å². The number of nitrogens with one attached hydrogen (secondary N) is 1. The maximum absolute atomic E-state index is 13.2. The first kappa shape index (κ1) is 23.6. The summed E-state index contributed by atoms with van der Waals surface area (Å²) in [5.41, 5.74) is 3.40. The highest BCUT2D eigenvalue weighted by atomic mass is 16.5. The number of imide groups is 1. The van der Waals surface area contributed by atoms with Crippen LogP contribution in [-0.4, -0.2) is 29.4 Å². The van der Waals surface area contributed by atoms with Crippen molar-refractivity contribution in [2.75, 3.05) is 11.9 Å². The van der Waals surface area contributed by atoms with E-state index in [-0.39, 0.29) is 23.3 Å². The summed E-state index contributed by atoms with van der Waals surface area (Å²) in [5, 5.41) is 3.22. The zero-order valence-corrected chi connectivity index (χ0v) is 20.2. The number of benzene rings is 2. The Morgan fingerprint density at radius 3 is 1.97 bits per heavy atom. The molecular weight excluding hydrogens is 400 g/mol. The average molecular weight is 435 g/mol. The molecular formula is C27H34N2O3. The Hall–Kier alpha value is -3.08. The Bertz CT molecular complexity index is 1010. The highest BCUT2D eigenvalue weighted by Gasteiger charge is 2.40. The van der Waals surface area contributed by atoms with E-state index in [9.17, 15) is 9.59 Å². The first-order valence-electron chi connectivity index (χ1n) is 11.2. The molecule has 0 bridgehead atoms. The van der Waals surface area contributed by atoms with Gasteiger partial charge in [-0.25, -0.2) is 0 Å². The number of carbonyl (C=O) groups excluding carboxylic acids is 2. The first-order valence-corrected chi connectivity index (χ1v) is 11.2. The zero-order chi connectivity index (χ0) is 23.6. The van der Waals surface area contributed by atoms with Crippen molar-refractivity contribution in [1.29, 1.82) is 0 Å². The average Bonchev–Trinajstić information content (AvgIpc) is 2.96. The van der Waals surface area contributed by atoms with Gasteiger partial charge in [0, 0.05) is 11.7 Å². The molecule has 170 valence electrons. The van der Waals surface area contributed by atoms with Crippen molar-refractivity contribution < 1.29 is 14.3 Å². The standard InChI is InChI=1S/C27H34N2O3/c1-17(2)16-32-22-14-8-19(9-15-22)23-24(26(31)29(18(3)4)25(23)30)28-21-12-10-20(11-13-21)27(5,6)7/h8-15,17-18,28H,16H2,1-7H3. The summed E-state index contributed by atoms with van der Waals surface area (Å²) in [6.45, 7) is 15.0. The van der Waals surface area contributed by atoms with Gasteiger partial charge in [0.05, 0.1) is 12.2 Å². The van der Waals surface area contributed by atoms with Gasteiger partial charge >= 0.3 is 0 Å². The number of amides is 2. The van der Waals surface area contributed by atoms with Crippen molar-refractivity contribution in [2.24, 2.45) is 5.92 Å². The van der Waals surface area contributed by atoms with Gasteiger partial charge in [0.25, 0.3) is 11.8 Å². The van der Waals surface area contributed by atoms with Crippen LogP contribution in [0.3, 0.4) is 0 Å². The van der Waals surface area contributed by atoms with Crippen LogP contribution in [0.25, 0.3) is 5.57 Å². The van der Waals surface area contributed by atoms with Gasteiger partial charge in [-0.15, -0.1) is 0 Å². The third kappa shape index (κ3) is 5.04. The molecule has 0 radical (unpaired) electrons. The molecule has 0 aromatic heterocycles. The van der Waals surface area contributed by atoms with Crippen LogP contribution in [0.5, 0.6) is 5.75 Å². The molecule has 0 spiro atoms. The summed E-state index contributed by atoms with van der Waals surface area (Å²) in [4.78, 5) is 27.7. The lowest BCUT2D eigenvalue weighted by molar-refractivity contribution is -0.138. The predicted molar refractivity (Wildman–Crippen MR) is 129 cm³/mol. The summed E-state index contributed by atoms with van der Waals surface area (Å²) in [5.74, 6) is 0.578. The molecule has 5 nitrogen and oxygen atoms in total. The minimum atomic E-state index is -0.306. The number of hydrogen-bond donors (Lipinski definition) is 1. The molecule has 2 aromatic rings. The second-order valence-corrected chi connectivity index (χ2v) is 10.0. The fraction of sp³-hybridized carbons (Fsp3) is 0.407. The van der Waals surface area contributed by atoms with Gasteiger partial charge in [-0.05, 0) is 60.6 Å². The monoisotopic (exact) mass is 434 g/mol. The Morgan fingerprint density at radius 1 is 0.875 bits per heavy atom.